The molecule has 150 valence electrons. The summed E-state index contributed by atoms with van der Waals surface area (Å²) < 4.78 is 10.8. The molecule has 1 aromatic carbocycles. The first kappa shape index (κ1) is 19.0. The number of hydrogen-bond donors (Lipinski definition) is 2. The third-order valence-corrected chi connectivity index (χ3v) is 5.35. The predicted octanol–water partition coefficient (Wildman–Crippen LogP) is 3.25. The Kier molecular flexibility index (Phi) is 5.20. The standard InChI is InChI=1S/C22H24N4O3/c1-13-15(10-21(27)25-13)12-24-22-16-5-4-8-23-18(16)11-17(26-22)14-6-7-19(28-2)20(9-14)29-3/h4-9,11,13,15H,10,12H2,1-3H3,(H,24,26)(H,25,27). The van der Waals surface area contributed by atoms with Crippen molar-refractivity contribution in [3.05, 3.63) is 42.6 Å². The summed E-state index contributed by atoms with van der Waals surface area (Å²) in [6.45, 7) is 2.69. The Morgan fingerprint density at radius 2 is 2.00 bits per heavy atom. The summed E-state index contributed by atoms with van der Waals surface area (Å²) >= 11 is 0. The minimum absolute atomic E-state index is 0.0999. The summed E-state index contributed by atoms with van der Waals surface area (Å²) in [4.78, 5) is 21.0. The number of nitrogens with one attached hydrogen (secondary N) is 2. The van der Waals surface area contributed by atoms with Crippen molar-refractivity contribution in [3.63, 3.8) is 0 Å². The topological polar surface area (TPSA) is 85.4 Å². The van der Waals surface area contributed by atoms with Crippen LogP contribution in [0.4, 0.5) is 5.82 Å². The molecule has 0 bridgehead atoms. The lowest BCUT2D eigenvalue weighted by Gasteiger charge is -2.17. The van der Waals surface area contributed by atoms with Gasteiger partial charge in [0.2, 0.25) is 5.91 Å². The third kappa shape index (κ3) is 3.81. The van der Waals surface area contributed by atoms with Gasteiger partial charge in [0.15, 0.2) is 11.5 Å². The average Bonchev–Trinajstić information content (AvgIpc) is 3.08. The molecule has 7 nitrogen and oxygen atoms in total. The highest BCUT2D eigenvalue weighted by atomic mass is 16.5. The van der Waals surface area contributed by atoms with Crippen molar-refractivity contribution in [1.29, 1.82) is 0 Å². The van der Waals surface area contributed by atoms with Gasteiger partial charge in [-0.05, 0) is 43.3 Å². The first-order valence-electron chi connectivity index (χ1n) is 9.60. The summed E-state index contributed by atoms with van der Waals surface area (Å²) in [5.74, 6) is 2.39. The Morgan fingerprint density at radius 1 is 1.17 bits per heavy atom. The van der Waals surface area contributed by atoms with Gasteiger partial charge >= 0.3 is 0 Å². The predicted molar refractivity (Wildman–Crippen MR) is 112 cm³/mol. The van der Waals surface area contributed by atoms with Gasteiger partial charge in [0, 0.05) is 42.1 Å². The van der Waals surface area contributed by atoms with E-state index in [1.165, 1.54) is 0 Å². The van der Waals surface area contributed by atoms with Crippen LogP contribution < -0.4 is 20.1 Å². The van der Waals surface area contributed by atoms with E-state index in [1.54, 1.807) is 20.4 Å². The highest BCUT2D eigenvalue weighted by Crippen LogP contribution is 2.33. The second-order valence-corrected chi connectivity index (χ2v) is 7.20. The van der Waals surface area contributed by atoms with Crippen LogP contribution in [0.25, 0.3) is 22.2 Å². The molecule has 4 rings (SSSR count). The van der Waals surface area contributed by atoms with Crippen molar-refractivity contribution in [2.24, 2.45) is 5.92 Å². The minimum Gasteiger partial charge on any atom is -0.493 e. The lowest BCUT2D eigenvalue weighted by atomic mass is 10.0. The van der Waals surface area contributed by atoms with Crippen molar-refractivity contribution in [2.75, 3.05) is 26.1 Å². The van der Waals surface area contributed by atoms with Gasteiger partial charge in [-0.3, -0.25) is 9.78 Å². The van der Waals surface area contributed by atoms with Crippen molar-refractivity contribution in [1.82, 2.24) is 15.3 Å². The highest BCUT2D eigenvalue weighted by molar-refractivity contribution is 5.92. The van der Waals surface area contributed by atoms with Crippen LogP contribution >= 0.6 is 0 Å². The lowest BCUT2D eigenvalue weighted by Crippen LogP contribution is -2.28. The number of pyridine rings is 2. The van der Waals surface area contributed by atoms with E-state index in [0.29, 0.717) is 24.5 Å². The van der Waals surface area contributed by atoms with Gasteiger partial charge in [0.25, 0.3) is 0 Å². The minimum atomic E-state index is 0.0999. The zero-order valence-electron chi connectivity index (χ0n) is 16.7. The number of amides is 1. The van der Waals surface area contributed by atoms with E-state index in [-0.39, 0.29) is 17.9 Å². The SMILES string of the molecule is COc1ccc(-c2cc3ncccc3c(NCC3CC(=O)NC3C)n2)cc1OC. The molecular formula is C22H24N4O3. The number of fused-ring (bicyclic) bond motifs is 1. The van der Waals surface area contributed by atoms with E-state index in [4.69, 9.17) is 14.5 Å². The summed E-state index contributed by atoms with van der Waals surface area (Å²) in [5.41, 5.74) is 2.54. The molecule has 1 amide bonds. The Morgan fingerprint density at radius 3 is 2.72 bits per heavy atom. The van der Waals surface area contributed by atoms with Gasteiger partial charge in [-0.2, -0.15) is 0 Å². The maximum Gasteiger partial charge on any atom is 0.220 e. The smallest absolute Gasteiger partial charge is 0.220 e. The fourth-order valence-electron chi connectivity index (χ4n) is 3.68. The van der Waals surface area contributed by atoms with Crippen molar-refractivity contribution in [3.8, 4) is 22.8 Å². The Balaban J connectivity index is 1.70. The maximum atomic E-state index is 11.7. The van der Waals surface area contributed by atoms with E-state index >= 15 is 0 Å². The van der Waals surface area contributed by atoms with Crippen LogP contribution in [0.3, 0.4) is 0 Å². The fraction of sp³-hybridized carbons (Fsp3) is 0.318. The zero-order chi connectivity index (χ0) is 20.4. The van der Waals surface area contributed by atoms with Crippen LogP contribution in [0.15, 0.2) is 42.6 Å². The van der Waals surface area contributed by atoms with Crippen molar-refractivity contribution >= 4 is 22.6 Å². The molecule has 29 heavy (non-hydrogen) atoms. The molecule has 7 heteroatoms. The molecule has 2 N–H and O–H groups in total. The second-order valence-electron chi connectivity index (χ2n) is 7.20. The van der Waals surface area contributed by atoms with Crippen molar-refractivity contribution in [2.45, 2.75) is 19.4 Å². The molecule has 0 saturated carbocycles. The van der Waals surface area contributed by atoms with Gasteiger partial charge in [0.1, 0.15) is 5.82 Å². The van der Waals surface area contributed by atoms with Gasteiger partial charge in [-0.1, -0.05) is 0 Å². The molecule has 1 aliphatic heterocycles. The van der Waals surface area contributed by atoms with E-state index in [0.717, 1.165) is 28.0 Å². The van der Waals surface area contributed by atoms with Crippen LogP contribution in [0.5, 0.6) is 11.5 Å². The molecule has 0 aliphatic carbocycles. The number of carbonyl (C=O) groups excluding carboxylic acids is 1. The number of carbonyl (C=O) groups is 1. The van der Waals surface area contributed by atoms with E-state index < -0.39 is 0 Å². The molecule has 3 aromatic rings. The summed E-state index contributed by atoms with van der Waals surface area (Å²) in [5, 5.41) is 7.35. The number of anilines is 1. The third-order valence-electron chi connectivity index (χ3n) is 5.35. The number of rotatable bonds is 6. The Bertz CT molecular complexity index is 1050. The number of methoxy groups -OCH3 is 2. The van der Waals surface area contributed by atoms with Crippen LogP contribution in [0, 0.1) is 5.92 Å². The molecule has 1 saturated heterocycles. The van der Waals surface area contributed by atoms with Gasteiger partial charge < -0.3 is 20.1 Å². The number of benzene rings is 1. The lowest BCUT2D eigenvalue weighted by molar-refractivity contribution is -0.119. The monoisotopic (exact) mass is 392 g/mol. The molecular weight excluding hydrogens is 368 g/mol. The van der Waals surface area contributed by atoms with Crippen LogP contribution in [0.2, 0.25) is 0 Å². The largest absolute Gasteiger partial charge is 0.493 e. The number of hydrogen-bond acceptors (Lipinski definition) is 6. The maximum absolute atomic E-state index is 11.7. The molecule has 3 heterocycles. The molecule has 2 aromatic heterocycles. The number of aromatic nitrogens is 2. The number of ether oxygens (including phenoxy) is 2. The summed E-state index contributed by atoms with van der Waals surface area (Å²) in [7, 11) is 3.23. The van der Waals surface area contributed by atoms with Crippen LogP contribution in [-0.2, 0) is 4.79 Å². The van der Waals surface area contributed by atoms with E-state index in [9.17, 15) is 4.79 Å². The summed E-state index contributed by atoms with van der Waals surface area (Å²) in [6.07, 6.45) is 2.30. The Labute approximate surface area is 169 Å². The highest BCUT2D eigenvalue weighted by Gasteiger charge is 2.28. The second kappa shape index (κ2) is 7.95. The van der Waals surface area contributed by atoms with E-state index in [1.807, 2.05) is 43.3 Å². The van der Waals surface area contributed by atoms with E-state index in [2.05, 4.69) is 15.6 Å². The average molecular weight is 392 g/mol. The quantitative estimate of drug-likeness (QED) is 0.670. The van der Waals surface area contributed by atoms with Crippen LogP contribution in [0.1, 0.15) is 13.3 Å². The van der Waals surface area contributed by atoms with Crippen molar-refractivity contribution < 1.29 is 14.3 Å². The molecule has 0 spiro atoms. The first-order chi connectivity index (χ1) is 14.1. The summed E-state index contributed by atoms with van der Waals surface area (Å²) in [6, 6.07) is 11.7. The molecule has 0 radical (unpaired) electrons. The van der Waals surface area contributed by atoms with Crippen LogP contribution in [-0.4, -0.2) is 42.7 Å². The fourth-order valence-corrected chi connectivity index (χ4v) is 3.68. The number of nitrogens with zero attached hydrogens (tertiary/aromatic N) is 2. The molecule has 2 atom stereocenters. The zero-order valence-corrected chi connectivity index (χ0v) is 16.7. The Hall–Kier alpha value is -3.35. The molecule has 2 unspecified atom stereocenters. The normalized spacial score (nSPS) is 18.5. The van der Waals surface area contributed by atoms with Gasteiger partial charge in [-0.15, -0.1) is 0 Å². The first-order valence-corrected chi connectivity index (χ1v) is 9.60. The molecule has 1 fully saturated rings. The van der Waals surface area contributed by atoms with Gasteiger partial charge in [0.05, 0.1) is 25.4 Å². The van der Waals surface area contributed by atoms with Gasteiger partial charge in [-0.25, -0.2) is 4.98 Å². The molecule has 1 aliphatic rings.